The predicted molar refractivity (Wildman–Crippen MR) is 64.9 cm³/mol. The van der Waals surface area contributed by atoms with Gasteiger partial charge >= 0.3 is 0 Å². The van der Waals surface area contributed by atoms with Gasteiger partial charge in [0, 0.05) is 18.9 Å². The molecule has 2 aliphatic carbocycles. The summed E-state index contributed by atoms with van der Waals surface area (Å²) in [6, 6.07) is 4.19. The number of hydrogen-bond acceptors (Lipinski definition) is 2. The minimum Gasteiger partial charge on any atom is -0.312 e. The molecule has 1 N–H and O–H groups in total. The minimum atomic E-state index is 0.974. The molecule has 2 fully saturated rings. The lowest BCUT2D eigenvalue weighted by atomic mass is 9.98. The molecule has 0 aromatic carbocycles. The van der Waals surface area contributed by atoms with Gasteiger partial charge in [-0.05, 0) is 67.7 Å². The van der Waals surface area contributed by atoms with Crippen molar-refractivity contribution in [2.45, 2.75) is 32.2 Å². The molecule has 0 atom stereocenters. The van der Waals surface area contributed by atoms with Gasteiger partial charge in [-0.3, -0.25) is 4.98 Å². The van der Waals surface area contributed by atoms with Gasteiger partial charge in [0.25, 0.3) is 0 Å². The molecule has 0 radical (unpaired) electrons. The maximum absolute atomic E-state index is 4.04. The van der Waals surface area contributed by atoms with Crippen molar-refractivity contribution in [3.8, 4) is 0 Å². The first-order valence-corrected chi connectivity index (χ1v) is 6.53. The molecule has 0 aliphatic heterocycles. The van der Waals surface area contributed by atoms with Crippen molar-refractivity contribution in [2.24, 2.45) is 17.8 Å². The molecular weight excluding hydrogens is 196 g/mol. The van der Waals surface area contributed by atoms with Gasteiger partial charge in [0.2, 0.25) is 0 Å². The maximum Gasteiger partial charge on any atom is 0.0271 e. The quantitative estimate of drug-likeness (QED) is 0.790. The number of nitrogens with one attached hydrogen (secondary N) is 1. The van der Waals surface area contributed by atoms with Crippen LogP contribution in [0.5, 0.6) is 0 Å². The summed E-state index contributed by atoms with van der Waals surface area (Å²) in [5.41, 5.74) is 1.35. The van der Waals surface area contributed by atoms with E-state index in [1.165, 1.54) is 37.8 Å². The Morgan fingerprint density at radius 2 is 1.75 bits per heavy atom. The minimum absolute atomic E-state index is 0.974. The molecule has 2 heteroatoms. The molecule has 0 bridgehead atoms. The van der Waals surface area contributed by atoms with E-state index in [9.17, 15) is 0 Å². The fraction of sp³-hybridized carbons (Fsp3) is 0.643. The van der Waals surface area contributed by atoms with E-state index in [1.807, 2.05) is 12.4 Å². The Balaban J connectivity index is 1.45. The fourth-order valence-electron chi connectivity index (χ4n) is 2.65. The van der Waals surface area contributed by atoms with Crippen molar-refractivity contribution >= 4 is 0 Å². The molecule has 2 nitrogen and oxygen atoms in total. The third-order valence-electron chi connectivity index (χ3n) is 3.91. The van der Waals surface area contributed by atoms with Crippen LogP contribution in [0.3, 0.4) is 0 Å². The summed E-state index contributed by atoms with van der Waals surface area (Å²) in [6.07, 6.45) is 9.68. The second kappa shape index (κ2) is 4.54. The molecule has 3 rings (SSSR count). The summed E-state index contributed by atoms with van der Waals surface area (Å²) in [4.78, 5) is 4.04. The Bertz CT molecular complexity index is 316. The number of rotatable bonds is 6. The molecule has 16 heavy (non-hydrogen) atoms. The molecule has 2 aliphatic rings. The molecule has 1 heterocycles. The summed E-state index contributed by atoms with van der Waals surface area (Å²) in [5, 5.41) is 3.62. The fourth-order valence-corrected chi connectivity index (χ4v) is 2.65. The lowest BCUT2D eigenvalue weighted by molar-refractivity contribution is 0.378. The maximum atomic E-state index is 4.04. The molecule has 1 aromatic heterocycles. The standard InChI is InChI=1S/C14H20N2/c1-2-12(1)14(13-3-4-13)10-16-9-11-5-7-15-8-6-11/h5-8,12-14,16H,1-4,9-10H2. The molecule has 1 aromatic rings. The van der Waals surface area contributed by atoms with Crippen LogP contribution in [0.2, 0.25) is 0 Å². The van der Waals surface area contributed by atoms with Gasteiger partial charge in [0.05, 0.1) is 0 Å². The third kappa shape index (κ3) is 2.62. The zero-order valence-corrected chi connectivity index (χ0v) is 9.73. The van der Waals surface area contributed by atoms with Crippen LogP contribution in [0.15, 0.2) is 24.5 Å². The smallest absolute Gasteiger partial charge is 0.0271 e. The second-order valence-corrected chi connectivity index (χ2v) is 5.33. The average molecular weight is 216 g/mol. The largest absolute Gasteiger partial charge is 0.312 e. The zero-order chi connectivity index (χ0) is 10.8. The zero-order valence-electron chi connectivity index (χ0n) is 9.73. The van der Waals surface area contributed by atoms with E-state index >= 15 is 0 Å². The van der Waals surface area contributed by atoms with Crippen molar-refractivity contribution in [2.75, 3.05) is 6.54 Å². The first-order valence-electron chi connectivity index (χ1n) is 6.53. The van der Waals surface area contributed by atoms with E-state index < -0.39 is 0 Å². The lowest BCUT2D eigenvalue weighted by Gasteiger charge is -2.16. The molecule has 0 saturated heterocycles. The monoisotopic (exact) mass is 216 g/mol. The Kier molecular flexibility index (Phi) is 2.92. The van der Waals surface area contributed by atoms with E-state index in [4.69, 9.17) is 0 Å². The first kappa shape index (κ1) is 10.3. The summed E-state index contributed by atoms with van der Waals surface area (Å²) in [6.45, 7) is 2.22. The number of hydrogen-bond donors (Lipinski definition) is 1. The molecule has 2 saturated carbocycles. The van der Waals surface area contributed by atoms with Crippen LogP contribution in [0.1, 0.15) is 31.2 Å². The Labute approximate surface area is 97.5 Å². The highest BCUT2D eigenvalue weighted by atomic mass is 14.9. The first-order chi connectivity index (χ1) is 7.93. The van der Waals surface area contributed by atoms with Gasteiger partial charge < -0.3 is 5.32 Å². The summed E-state index contributed by atoms with van der Waals surface area (Å²) in [7, 11) is 0. The molecule has 0 spiro atoms. The van der Waals surface area contributed by atoms with Crippen LogP contribution in [0.25, 0.3) is 0 Å². The summed E-state index contributed by atoms with van der Waals surface area (Å²) in [5.74, 6) is 3.08. The number of pyridine rings is 1. The summed E-state index contributed by atoms with van der Waals surface area (Å²) >= 11 is 0. The van der Waals surface area contributed by atoms with Crippen LogP contribution in [-0.2, 0) is 6.54 Å². The van der Waals surface area contributed by atoms with Crippen LogP contribution in [0.4, 0.5) is 0 Å². The normalized spacial score (nSPS) is 20.3. The topological polar surface area (TPSA) is 24.9 Å². The van der Waals surface area contributed by atoms with Crippen LogP contribution in [0, 0.1) is 17.8 Å². The Morgan fingerprint density at radius 3 is 2.31 bits per heavy atom. The highest BCUT2D eigenvalue weighted by Crippen LogP contribution is 2.48. The highest BCUT2D eigenvalue weighted by Gasteiger charge is 2.40. The van der Waals surface area contributed by atoms with E-state index in [2.05, 4.69) is 22.4 Å². The number of aromatic nitrogens is 1. The van der Waals surface area contributed by atoms with E-state index in [0.717, 1.165) is 24.3 Å². The van der Waals surface area contributed by atoms with E-state index in [0.29, 0.717) is 0 Å². The van der Waals surface area contributed by atoms with Gasteiger partial charge in [-0.2, -0.15) is 0 Å². The van der Waals surface area contributed by atoms with Gasteiger partial charge in [-0.15, -0.1) is 0 Å². The van der Waals surface area contributed by atoms with Crippen molar-refractivity contribution in [3.63, 3.8) is 0 Å². The molecule has 0 amide bonds. The van der Waals surface area contributed by atoms with Gasteiger partial charge in [-0.25, -0.2) is 0 Å². The van der Waals surface area contributed by atoms with Crippen LogP contribution >= 0.6 is 0 Å². The highest BCUT2D eigenvalue weighted by molar-refractivity contribution is 5.09. The van der Waals surface area contributed by atoms with E-state index in [1.54, 1.807) is 0 Å². The SMILES string of the molecule is c1cc(CNCC(C2CC2)C2CC2)ccn1. The van der Waals surface area contributed by atoms with Crippen molar-refractivity contribution in [3.05, 3.63) is 30.1 Å². The summed E-state index contributed by atoms with van der Waals surface area (Å²) < 4.78 is 0. The van der Waals surface area contributed by atoms with Gasteiger partial charge in [0.15, 0.2) is 0 Å². The molecular formula is C14H20N2. The van der Waals surface area contributed by atoms with Gasteiger partial charge in [-0.1, -0.05) is 0 Å². The lowest BCUT2D eigenvalue weighted by Crippen LogP contribution is -2.25. The van der Waals surface area contributed by atoms with E-state index in [-0.39, 0.29) is 0 Å². The van der Waals surface area contributed by atoms with Crippen molar-refractivity contribution in [1.29, 1.82) is 0 Å². The molecule has 0 unspecified atom stereocenters. The predicted octanol–water partition coefficient (Wildman–Crippen LogP) is 2.61. The van der Waals surface area contributed by atoms with Gasteiger partial charge in [0.1, 0.15) is 0 Å². The average Bonchev–Trinajstić information content (AvgIpc) is 3.17. The Hall–Kier alpha value is -0.890. The third-order valence-corrected chi connectivity index (χ3v) is 3.91. The van der Waals surface area contributed by atoms with Crippen LogP contribution < -0.4 is 5.32 Å². The second-order valence-electron chi connectivity index (χ2n) is 5.33. The Morgan fingerprint density at radius 1 is 1.12 bits per heavy atom. The molecule has 86 valence electrons. The van der Waals surface area contributed by atoms with Crippen molar-refractivity contribution in [1.82, 2.24) is 10.3 Å². The van der Waals surface area contributed by atoms with Crippen molar-refractivity contribution < 1.29 is 0 Å². The van der Waals surface area contributed by atoms with Crippen LogP contribution in [-0.4, -0.2) is 11.5 Å². The number of nitrogens with zero attached hydrogens (tertiary/aromatic N) is 1.